The van der Waals surface area contributed by atoms with Gasteiger partial charge in [0.05, 0.1) is 22.4 Å². The summed E-state index contributed by atoms with van der Waals surface area (Å²) in [6.45, 7) is 2.18. The van der Waals surface area contributed by atoms with Gasteiger partial charge in [-0.15, -0.1) is 0 Å². The highest BCUT2D eigenvalue weighted by Gasteiger charge is 2.23. The average molecular weight is 351 g/mol. The molecule has 1 aliphatic carbocycles. The summed E-state index contributed by atoms with van der Waals surface area (Å²) in [6, 6.07) is 8.09. The van der Waals surface area contributed by atoms with Crippen molar-refractivity contribution in [3.8, 4) is 0 Å². The number of fused-ring (bicyclic) bond motifs is 1. The molecule has 1 aromatic carbocycles. The van der Waals surface area contributed by atoms with E-state index in [1.807, 2.05) is 38.4 Å². The maximum atomic E-state index is 12.7. The molecule has 1 amide bonds. The maximum absolute atomic E-state index is 12.7. The first-order valence-corrected chi connectivity index (χ1v) is 9.37. The van der Waals surface area contributed by atoms with E-state index in [9.17, 15) is 4.79 Å². The van der Waals surface area contributed by atoms with Crippen molar-refractivity contribution in [2.45, 2.75) is 51.5 Å². The molecule has 0 saturated heterocycles. The largest absolute Gasteiger partial charge is 0.322 e. The van der Waals surface area contributed by atoms with E-state index in [1.165, 1.54) is 19.3 Å². The van der Waals surface area contributed by atoms with Crippen molar-refractivity contribution in [1.82, 2.24) is 19.3 Å². The summed E-state index contributed by atoms with van der Waals surface area (Å²) in [6.07, 6.45) is 7.95. The lowest BCUT2D eigenvalue weighted by Gasteiger charge is -2.22. The lowest BCUT2D eigenvalue weighted by atomic mass is 9.88. The van der Waals surface area contributed by atoms with Crippen molar-refractivity contribution in [1.29, 1.82) is 0 Å². The van der Waals surface area contributed by atoms with Crippen LogP contribution >= 0.6 is 0 Å². The topological polar surface area (TPSA) is 64.7 Å². The molecule has 2 aromatic heterocycles. The number of amides is 1. The van der Waals surface area contributed by atoms with Gasteiger partial charge in [-0.2, -0.15) is 5.10 Å². The Hall–Kier alpha value is -2.63. The van der Waals surface area contributed by atoms with Crippen LogP contribution in [0, 0.1) is 6.92 Å². The van der Waals surface area contributed by atoms with E-state index in [2.05, 4.69) is 21.0 Å². The number of nitrogens with one attached hydrogen (secondary N) is 1. The van der Waals surface area contributed by atoms with Crippen molar-refractivity contribution in [2.24, 2.45) is 7.05 Å². The Morgan fingerprint density at radius 3 is 2.73 bits per heavy atom. The van der Waals surface area contributed by atoms with Crippen molar-refractivity contribution in [3.05, 3.63) is 42.0 Å². The third-order valence-corrected chi connectivity index (χ3v) is 5.24. The summed E-state index contributed by atoms with van der Waals surface area (Å²) in [4.78, 5) is 17.6. The molecular weight excluding hydrogens is 326 g/mol. The maximum Gasteiger partial charge on any atom is 0.244 e. The fraction of sp³-hybridized carbons (Fsp3) is 0.450. The number of carbonyl (C=O) groups excluding carboxylic acids is 1. The molecule has 6 heteroatoms. The van der Waals surface area contributed by atoms with Crippen LogP contribution in [-0.2, 0) is 18.4 Å². The zero-order valence-electron chi connectivity index (χ0n) is 15.4. The number of hydrogen-bond donors (Lipinski definition) is 1. The highest BCUT2D eigenvalue weighted by molar-refractivity contribution is 5.92. The van der Waals surface area contributed by atoms with Gasteiger partial charge >= 0.3 is 0 Å². The van der Waals surface area contributed by atoms with Gasteiger partial charge in [0, 0.05) is 19.2 Å². The Bertz CT molecular complexity index is 933. The number of anilines is 1. The Kier molecular flexibility index (Phi) is 4.49. The van der Waals surface area contributed by atoms with Gasteiger partial charge in [-0.05, 0) is 31.9 Å². The molecule has 0 atom stereocenters. The summed E-state index contributed by atoms with van der Waals surface area (Å²) >= 11 is 0. The lowest BCUT2D eigenvalue weighted by molar-refractivity contribution is -0.116. The molecule has 3 aromatic rings. The molecule has 0 radical (unpaired) electrons. The van der Waals surface area contributed by atoms with Gasteiger partial charge in [-0.1, -0.05) is 31.4 Å². The van der Waals surface area contributed by atoms with Crippen LogP contribution < -0.4 is 5.32 Å². The van der Waals surface area contributed by atoms with Crippen LogP contribution in [0.3, 0.4) is 0 Å². The van der Waals surface area contributed by atoms with E-state index in [0.717, 1.165) is 41.1 Å². The molecule has 1 N–H and O–H groups in total. The fourth-order valence-electron chi connectivity index (χ4n) is 3.99. The second kappa shape index (κ2) is 6.94. The molecule has 1 fully saturated rings. The van der Waals surface area contributed by atoms with Crippen molar-refractivity contribution >= 4 is 22.6 Å². The SMILES string of the molecule is Cc1nn(C)cc1NC(=O)Cn1c(C2CCCCC2)nc2ccccc21. The standard InChI is InChI=1S/C20H25N5O/c1-14-17(12-24(2)23-14)21-19(26)13-25-18-11-7-6-10-16(18)22-20(25)15-8-4-3-5-9-15/h6-7,10-12,15H,3-5,8-9,13H2,1-2H3,(H,21,26). The minimum absolute atomic E-state index is 0.0405. The van der Waals surface area contributed by atoms with Gasteiger partial charge < -0.3 is 9.88 Å². The molecule has 0 bridgehead atoms. The number of rotatable bonds is 4. The number of aromatic nitrogens is 4. The Labute approximate surface area is 153 Å². The Morgan fingerprint density at radius 2 is 2.00 bits per heavy atom. The summed E-state index contributed by atoms with van der Waals surface area (Å²) in [5, 5.41) is 7.28. The van der Waals surface area contributed by atoms with Crippen molar-refractivity contribution in [2.75, 3.05) is 5.32 Å². The van der Waals surface area contributed by atoms with Crippen LogP contribution in [0.4, 0.5) is 5.69 Å². The number of imidazole rings is 1. The molecule has 2 heterocycles. The molecule has 0 unspecified atom stereocenters. The summed E-state index contributed by atoms with van der Waals surface area (Å²) in [5.74, 6) is 1.47. The lowest BCUT2D eigenvalue weighted by Crippen LogP contribution is -2.22. The van der Waals surface area contributed by atoms with E-state index >= 15 is 0 Å². The second-order valence-corrected chi connectivity index (χ2v) is 7.23. The third-order valence-electron chi connectivity index (χ3n) is 5.24. The highest BCUT2D eigenvalue weighted by Crippen LogP contribution is 2.34. The van der Waals surface area contributed by atoms with Gasteiger partial charge in [0.2, 0.25) is 5.91 Å². The molecule has 1 saturated carbocycles. The van der Waals surface area contributed by atoms with Crippen molar-refractivity contribution in [3.63, 3.8) is 0 Å². The molecule has 0 spiro atoms. The van der Waals surface area contributed by atoms with Crippen LogP contribution in [0.1, 0.15) is 49.5 Å². The third kappa shape index (κ3) is 3.23. The molecule has 1 aliphatic rings. The monoisotopic (exact) mass is 351 g/mol. The number of para-hydroxylation sites is 2. The van der Waals surface area contributed by atoms with E-state index in [0.29, 0.717) is 5.92 Å². The van der Waals surface area contributed by atoms with Crippen LogP contribution in [0.15, 0.2) is 30.5 Å². The number of nitrogens with zero attached hydrogens (tertiary/aromatic N) is 4. The first kappa shape index (κ1) is 16.8. The van der Waals surface area contributed by atoms with Gasteiger partial charge in [0.25, 0.3) is 0 Å². The first-order chi connectivity index (χ1) is 12.6. The Morgan fingerprint density at radius 1 is 1.23 bits per heavy atom. The molecule has 26 heavy (non-hydrogen) atoms. The number of carbonyl (C=O) groups is 1. The van der Waals surface area contributed by atoms with Gasteiger partial charge in [-0.3, -0.25) is 9.48 Å². The van der Waals surface area contributed by atoms with Crippen LogP contribution in [0.2, 0.25) is 0 Å². The predicted octanol–water partition coefficient (Wildman–Crippen LogP) is 3.76. The van der Waals surface area contributed by atoms with Gasteiger partial charge in [-0.25, -0.2) is 4.98 Å². The summed E-state index contributed by atoms with van der Waals surface area (Å²) in [5.41, 5.74) is 3.59. The van der Waals surface area contributed by atoms with E-state index in [1.54, 1.807) is 4.68 Å². The molecule has 0 aliphatic heterocycles. The molecular formula is C20H25N5O. The Balaban J connectivity index is 1.63. The average Bonchev–Trinajstić information content (AvgIpc) is 3.15. The minimum atomic E-state index is -0.0405. The van der Waals surface area contributed by atoms with E-state index < -0.39 is 0 Å². The van der Waals surface area contributed by atoms with E-state index in [-0.39, 0.29) is 12.5 Å². The van der Waals surface area contributed by atoms with Crippen molar-refractivity contribution < 1.29 is 4.79 Å². The number of hydrogen-bond acceptors (Lipinski definition) is 3. The predicted molar refractivity (Wildman–Crippen MR) is 102 cm³/mol. The summed E-state index contributed by atoms with van der Waals surface area (Å²) in [7, 11) is 1.85. The summed E-state index contributed by atoms with van der Waals surface area (Å²) < 4.78 is 3.82. The van der Waals surface area contributed by atoms with E-state index in [4.69, 9.17) is 4.98 Å². The molecule has 6 nitrogen and oxygen atoms in total. The van der Waals surface area contributed by atoms with Crippen LogP contribution in [0.5, 0.6) is 0 Å². The zero-order chi connectivity index (χ0) is 18.1. The van der Waals surface area contributed by atoms with Crippen LogP contribution in [-0.4, -0.2) is 25.2 Å². The zero-order valence-corrected chi connectivity index (χ0v) is 15.4. The fourth-order valence-corrected chi connectivity index (χ4v) is 3.99. The first-order valence-electron chi connectivity index (χ1n) is 9.37. The second-order valence-electron chi connectivity index (χ2n) is 7.23. The van der Waals surface area contributed by atoms with Gasteiger partial charge in [0.1, 0.15) is 12.4 Å². The quantitative estimate of drug-likeness (QED) is 0.778. The van der Waals surface area contributed by atoms with Crippen LogP contribution in [0.25, 0.3) is 11.0 Å². The molecule has 136 valence electrons. The normalized spacial score (nSPS) is 15.5. The van der Waals surface area contributed by atoms with Gasteiger partial charge in [0.15, 0.2) is 0 Å². The number of benzene rings is 1. The minimum Gasteiger partial charge on any atom is -0.322 e. The molecule has 4 rings (SSSR count). The number of aryl methyl sites for hydroxylation is 2. The smallest absolute Gasteiger partial charge is 0.244 e. The highest BCUT2D eigenvalue weighted by atomic mass is 16.2.